The molecule has 13 heavy (non-hydrogen) atoms. The minimum Gasteiger partial charge on any atom is -0.295 e. The summed E-state index contributed by atoms with van der Waals surface area (Å²) in [7, 11) is 0. The quantitative estimate of drug-likeness (QED) is 0.641. The van der Waals surface area contributed by atoms with Crippen LogP contribution in [-0.2, 0) is 4.79 Å². The average molecular weight is 174 g/mol. The largest absolute Gasteiger partial charge is 0.295 e. The highest BCUT2D eigenvalue weighted by Gasteiger charge is 1.92. The molecule has 0 aromatic heterocycles. The van der Waals surface area contributed by atoms with Gasteiger partial charge in [0.15, 0.2) is 5.78 Å². The molecule has 0 amide bonds. The van der Waals surface area contributed by atoms with Gasteiger partial charge in [0.05, 0.1) is 0 Å². The Kier molecular flexibility index (Phi) is 3.97. The summed E-state index contributed by atoms with van der Waals surface area (Å²) in [6.45, 7) is 2.01. The van der Waals surface area contributed by atoms with E-state index in [1.165, 1.54) is 0 Å². The van der Waals surface area contributed by atoms with Gasteiger partial charge in [-0.25, -0.2) is 0 Å². The summed E-state index contributed by atoms with van der Waals surface area (Å²) in [6.07, 6.45) is 5.07. The van der Waals surface area contributed by atoms with Gasteiger partial charge in [0.2, 0.25) is 0 Å². The predicted octanol–water partition coefficient (Wildman–Crippen LogP) is 3.07. The number of hydrogen-bond donors (Lipinski definition) is 0. The lowest BCUT2D eigenvalue weighted by Gasteiger charge is -1.91. The minimum atomic E-state index is 0.200. The molecule has 1 aromatic rings. The van der Waals surface area contributed by atoms with Crippen LogP contribution in [0.5, 0.6) is 0 Å². The number of rotatable bonds is 4. The molecule has 0 heterocycles. The summed E-state index contributed by atoms with van der Waals surface area (Å²) >= 11 is 0. The van der Waals surface area contributed by atoms with Crippen molar-refractivity contribution >= 4 is 11.9 Å². The second-order valence-electron chi connectivity index (χ2n) is 2.96. The molecule has 0 radical (unpaired) electrons. The van der Waals surface area contributed by atoms with Crippen LogP contribution in [-0.4, -0.2) is 5.78 Å². The standard InChI is InChI=1S/C12H14O/c1-2-6-12(13)10-9-11-7-4-3-5-8-11/h3-5,7-10H,2,6H2,1H3/b10-9+. The molecule has 1 nitrogen and oxygen atoms in total. The first-order chi connectivity index (χ1) is 6.33. The highest BCUT2D eigenvalue weighted by molar-refractivity contribution is 5.93. The van der Waals surface area contributed by atoms with Gasteiger partial charge in [-0.3, -0.25) is 4.79 Å². The number of benzene rings is 1. The van der Waals surface area contributed by atoms with E-state index >= 15 is 0 Å². The summed E-state index contributed by atoms with van der Waals surface area (Å²) in [4.78, 5) is 11.1. The van der Waals surface area contributed by atoms with Crippen molar-refractivity contribution in [3.8, 4) is 0 Å². The Labute approximate surface area is 79.1 Å². The van der Waals surface area contributed by atoms with Gasteiger partial charge in [-0.15, -0.1) is 0 Å². The topological polar surface area (TPSA) is 17.1 Å². The van der Waals surface area contributed by atoms with Gasteiger partial charge in [-0.05, 0) is 18.1 Å². The molecule has 68 valence electrons. The highest BCUT2D eigenvalue weighted by Crippen LogP contribution is 2.01. The van der Waals surface area contributed by atoms with E-state index in [0.29, 0.717) is 6.42 Å². The van der Waals surface area contributed by atoms with Crippen molar-refractivity contribution < 1.29 is 4.79 Å². The maximum atomic E-state index is 11.1. The molecule has 0 N–H and O–H groups in total. The summed E-state index contributed by atoms with van der Waals surface area (Å²) < 4.78 is 0. The fraction of sp³-hybridized carbons (Fsp3) is 0.250. The van der Waals surface area contributed by atoms with E-state index in [4.69, 9.17) is 0 Å². The number of hydrogen-bond acceptors (Lipinski definition) is 1. The summed E-state index contributed by atoms with van der Waals surface area (Å²) in [5.74, 6) is 0.200. The molecule has 0 bridgehead atoms. The van der Waals surface area contributed by atoms with Crippen LogP contribution in [0.2, 0.25) is 0 Å². The SMILES string of the molecule is CCCC(=O)/C=C/c1ccccc1. The molecule has 1 rings (SSSR count). The summed E-state index contributed by atoms with van der Waals surface area (Å²) in [6, 6.07) is 9.85. The van der Waals surface area contributed by atoms with Crippen LogP contribution in [0.15, 0.2) is 36.4 Å². The highest BCUT2D eigenvalue weighted by atomic mass is 16.1. The molecule has 0 saturated heterocycles. The van der Waals surface area contributed by atoms with Gasteiger partial charge in [0, 0.05) is 6.42 Å². The van der Waals surface area contributed by atoms with Crippen molar-refractivity contribution in [1.82, 2.24) is 0 Å². The molecule has 0 aliphatic heterocycles. The van der Waals surface area contributed by atoms with Crippen molar-refractivity contribution in [2.24, 2.45) is 0 Å². The van der Waals surface area contributed by atoms with Crippen molar-refractivity contribution in [2.45, 2.75) is 19.8 Å². The Morgan fingerprint density at radius 3 is 2.62 bits per heavy atom. The first kappa shape index (κ1) is 9.72. The number of ketones is 1. The third kappa shape index (κ3) is 3.70. The fourth-order valence-corrected chi connectivity index (χ4v) is 1.08. The van der Waals surface area contributed by atoms with Crippen LogP contribution >= 0.6 is 0 Å². The third-order valence-corrected chi connectivity index (χ3v) is 1.76. The second kappa shape index (κ2) is 5.31. The molecule has 0 unspecified atom stereocenters. The van der Waals surface area contributed by atoms with Crippen molar-refractivity contribution in [3.63, 3.8) is 0 Å². The molecule has 1 aromatic carbocycles. The maximum Gasteiger partial charge on any atom is 0.155 e. The average Bonchev–Trinajstić information content (AvgIpc) is 2.17. The smallest absolute Gasteiger partial charge is 0.155 e. The summed E-state index contributed by atoms with van der Waals surface area (Å²) in [5, 5.41) is 0. The third-order valence-electron chi connectivity index (χ3n) is 1.76. The van der Waals surface area contributed by atoms with Crippen molar-refractivity contribution in [3.05, 3.63) is 42.0 Å². The fourth-order valence-electron chi connectivity index (χ4n) is 1.08. The van der Waals surface area contributed by atoms with Crippen molar-refractivity contribution in [1.29, 1.82) is 0 Å². The molecular formula is C12H14O. The lowest BCUT2D eigenvalue weighted by molar-refractivity contribution is -0.114. The van der Waals surface area contributed by atoms with E-state index in [2.05, 4.69) is 0 Å². The first-order valence-corrected chi connectivity index (χ1v) is 4.59. The van der Waals surface area contributed by atoms with Gasteiger partial charge >= 0.3 is 0 Å². The lowest BCUT2D eigenvalue weighted by atomic mass is 10.1. The molecule has 0 saturated carbocycles. The number of carbonyl (C=O) groups is 1. The van der Waals surface area contributed by atoms with Crippen LogP contribution in [0, 0.1) is 0 Å². The first-order valence-electron chi connectivity index (χ1n) is 4.59. The molecule has 0 fully saturated rings. The van der Waals surface area contributed by atoms with E-state index in [0.717, 1.165) is 12.0 Å². The zero-order valence-corrected chi connectivity index (χ0v) is 7.86. The Morgan fingerprint density at radius 1 is 1.31 bits per heavy atom. The van der Waals surface area contributed by atoms with E-state index in [-0.39, 0.29) is 5.78 Å². The lowest BCUT2D eigenvalue weighted by Crippen LogP contribution is -1.89. The van der Waals surface area contributed by atoms with E-state index in [1.54, 1.807) is 6.08 Å². The van der Waals surface area contributed by atoms with Crippen LogP contribution in [0.3, 0.4) is 0 Å². The van der Waals surface area contributed by atoms with E-state index < -0.39 is 0 Å². The zero-order chi connectivity index (χ0) is 9.52. The summed E-state index contributed by atoms with van der Waals surface area (Å²) in [5.41, 5.74) is 1.08. The van der Waals surface area contributed by atoms with Crippen LogP contribution in [0.1, 0.15) is 25.3 Å². The second-order valence-corrected chi connectivity index (χ2v) is 2.96. The maximum absolute atomic E-state index is 11.1. The predicted molar refractivity (Wildman–Crippen MR) is 55.4 cm³/mol. The Hall–Kier alpha value is -1.37. The normalized spacial score (nSPS) is 10.5. The molecule has 0 spiro atoms. The molecular weight excluding hydrogens is 160 g/mol. The van der Waals surface area contributed by atoms with E-state index in [9.17, 15) is 4.79 Å². The number of allylic oxidation sites excluding steroid dienone is 1. The Morgan fingerprint density at radius 2 is 2.00 bits per heavy atom. The van der Waals surface area contributed by atoms with Gasteiger partial charge in [0.1, 0.15) is 0 Å². The molecule has 0 atom stereocenters. The Balaban J connectivity index is 2.54. The van der Waals surface area contributed by atoms with Crippen LogP contribution in [0.25, 0.3) is 6.08 Å². The monoisotopic (exact) mass is 174 g/mol. The molecule has 1 heteroatoms. The Bertz CT molecular complexity index is 285. The zero-order valence-electron chi connectivity index (χ0n) is 7.86. The van der Waals surface area contributed by atoms with Gasteiger partial charge in [-0.1, -0.05) is 43.3 Å². The van der Waals surface area contributed by atoms with E-state index in [1.807, 2.05) is 43.3 Å². The van der Waals surface area contributed by atoms with Gasteiger partial charge in [0.25, 0.3) is 0 Å². The minimum absolute atomic E-state index is 0.200. The van der Waals surface area contributed by atoms with Gasteiger partial charge in [-0.2, -0.15) is 0 Å². The van der Waals surface area contributed by atoms with Crippen molar-refractivity contribution in [2.75, 3.05) is 0 Å². The van der Waals surface area contributed by atoms with Crippen LogP contribution in [0.4, 0.5) is 0 Å². The van der Waals surface area contributed by atoms with Crippen LogP contribution < -0.4 is 0 Å². The van der Waals surface area contributed by atoms with Gasteiger partial charge < -0.3 is 0 Å². The molecule has 0 aliphatic carbocycles. The molecule has 0 aliphatic rings. The number of carbonyl (C=O) groups excluding carboxylic acids is 1.